The Bertz CT molecular complexity index is 933. The summed E-state index contributed by atoms with van der Waals surface area (Å²) in [5.74, 6) is 1.79. The van der Waals surface area contributed by atoms with E-state index in [1.54, 1.807) is 19.4 Å². The molecule has 6 heteroatoms. The Kier molecular flexibility index (Phi) is 11.0. The average Bonchev–Trinajstić information content (AvgIpc) is 2.85. The number of nitrogens with zero attached hydrogens (tertiary/aromatic N) is 3. The first kappa shape index (κ1) is 25.1. The quantitative estimate of drug-likeness (QED) is 0.391. The molecule has 0 spiro atoms. The van der Waals surface area contributed by atoms with Crippen LogP contribution in [0.15, 0.2) is 48.7 Å². The molecule has 0 unspecified atom stereocenters. The minimum atomic E-state index is 0.277. The van der Waals surface area contributed by atoms with Gasteiger partial charge in [-0.15, -0.1) is 10.2 Å². The van der Waals surface area contributed by atoms with E-state index in [0.29, 0.717) is 12.4 Å². The van der Waals surface area contributed by atoms with Crippen LogP contribution in [0.25, 0.3) is 11.3 Å². The smallest absolute Gasteiger partial charge is 0.164 e. The van der Waals surface area contributed by atoms with Crippen molar-refractivity contribution in [2.45, 2.75) is 59.3 Å². The van der Waals surface area contributed by atoms with Gasteiger partial charge in [-0.1, -0.05) is 58.2 Å². The number of hydrogen-bond acceptors (Lipinski definition) is 6. The Balaban J connectivity index is 0.000000233. The highest BCUT2D eigenvalue weighted by molar-refractivity contribution is 5.60. The van der Waals surface area contributed by atoms with Crippen molar-refractivity contribution in [3.8, 4) is 28.5 Å². The highest BCUT2D eigenvalue weighted by Gasteiger charge is 2.12. The zero-order valence-electron chi connectivity index (χ0n) is 19.7. The molecule has 0 bridgehead atoms. The largest absolute Gasteiger partial charge is 0.504 e. The predicted octanol–water partition coefficient (Wildman–Crippen LogP) is 6.02. The Morgan fingerprint density at radius 3 is 2.44 bits per heavy atom. The number of phenolic OH excluding ortho intramolecular Hbond substituents is 1. The number of aromatic hydroxyl groups is 1. The second kappa shape index (κ2) is 14.0. The van der Waals surface area contributed by atoms with Gasteiger partial charge in [0.2, 0.25) is 0 Å². The summed E-state index contributed by atoms with van der Waals surface area (Å²) in [6, 6.07) is 13.2. The molecule has 0 radical (unpaired) electrons. The summed E-state index contributed by atoms with van der Waals surface area (Å²) in [5, 5.41) is 21.0. The lowest BCUT2D eigenvalue weighted by atomic mass is 10.0. The monoisotopic (exact) mass is 437 g/mol. The summed E-state index contributed by atoms with van der Waals surface area (Å²) in [5.41, 5.74) is 4.20. The molecule has 3 aromatic rings. The molecule has 2 aromatic carbocycles. The first-order valence-electron chi connectivity index (χ1n) is 11.4. The molecule has 1 N–H and O–H groups in total. The second-order valence-corrected chi connectivity index (χ2v) is 7.41. The van der Waals surface area contributed by atoms with Crippen LogP contribution in [0.5, 0.6) is 17.2 Å². The van der Waals surface area contributed by atoms with Gasteiger partial charge in [0.25, 0.3) is 0 Å². The molecule has 0 aliphatic rings. The minimum absolute atomic E-state index is 0.277. The van der Waals surface area contributed by atoms with Crippen molar-refractivity contribution in [2.24, 2.45) is 0 Å². The molecule has 0 aliphatic carbocycles. The third-order valence-corrected chi connectivity index (χ3v) is 5.18. The third kappa shape index (κ3) is 7.52. The molecule has 172 valence electrons. The molecule has 0 saturated heterocycles. The lowest BCUT2D eigenvalue weighted by Crippen LogP contribution is -2.02. The first-order valence-corrected chi connectivity index (χ1v) is 11.4. The maximum Gasteiger partial charge on any atom is 0.164 e. The van der Waals surface area contributed by atoms with Gasteiger partial charge in [-0.3, -0.25) is 0 Å². The number of methoxy groups -OCH3 is 1. The van der Waals surface area contributed by atoms with Gasteiger partial charge < -0.3 is 14.6 Å². The van der Waals surface area contributed by atoms with Crippen molar-refractivity contribution in [3.63, 3.8) is 0 Å². The van der Waals surface area contributed by atoms with Crippen LogP contribution in [0.4, 0.5) is 0 Å². The van der Waals surface area contributed by atoms with Crippen molar-refractivity contribution < 1.29 is 14.6 Å². The number of benzene rings is 2. The summed E-state index contributed by atoms with van der Waals surface area (Å²) in [4.78, 5) is 0. The van der Waals surface area contributed by atoms with E-state index < -0.39 is 0 Å². The van der Waals surface area contributed by atoms with Crippen LogP contribution in [0.1, 0.15) is 57.6 Å². The van der Waals surface area contributed by atoms with Crippen LogP contribution in [0, 0.1) is 0 Å². The van der Waals surface area contributed by atoms with E-state index in [2.05, 4.69) is 36.2 Å². The Morgan fingerprint density at radius 1 is 0.938 bits per heavy atom. The van der Waals surface area contributed by atoms with E-state index in [9.17, 15) is 5.11 Å². The van der Waals surface area contributed by atoms with Crippen LogP contribution in [-0.2, 0) is 12.8 Å². The zero-order chi connectivity index (χ0) is 23.2. The zero-order valence-corrected chi connectivity index (χ0v) is 19.7. The third-order valence-electron chi connectivity index (χ3n) is 5.18. The average molecular weight is 438 g/mol. The molecule has 0 atom stereocenters. The van der Waals surface area contributed by atoms with Crippen LogP contribution in [0.2, 0.25) is 0 Å². The summed E-state index contributed by atoms with van der Waals surface area (Å²) in [6.45, 7) is 7.15. The van der Waals surface area contributed by atoms with Gasteiger partial charge in [0.1, 0.15) is 5.75 Å². The highest BCUT2D eigenvalue weighted by Crippen LogP contribution is 2.33. The lowest BCUT2D eigenvalue weighted by Gasteiger charge is -2.15. The first-order chi connectivity index (χ1) is 15.6. The summed E-state index contributed by atoms with van der Waals surface area (Å²) in [7, 11) is 1.64. The van der Waals surface area contributed by atoms with Gasteiger partial charge in [-0.25, -0.2) is 0 Å². The summed E-state index contributed by atoms with van der Waals surface area (Å²) < 4.78 is 10.9. The number of hydrogen-bond donors (Lipinski definition) is 1. The van der Waals surface area contributed by atoms with Gasteiger partial charge in [0, 0.05) is 11.1 Å². The molecule has 3 rings (SSSR count). The standard InChI is InChI=1S/C16H26O2.C10H9N3O/c1-4-7-8-9-12-18-16-14(6-3)13(5-2)10-11-15(16)17;1-14-9-4-2-3-8(7-9)10-5-6-11-13-12-10/h10-11,17H,4-9,12H2,1-3H3;2-7H,1H3. The number of unbranched alkanes of at least 4 members (excludes halogenated alkanes) is 3. The molecule has 0 fully saturated rings. The SMILES string of the molecule is CCCCCCOc1c(O)ccc(CC)c1CC.COc1cccc(-c2ccnnn2)c1. The second-order valence-electron chi connectivity index (χ2n) is 7.41. The number of ether oxygens (including phenoxy) is 2. The van der Waals surface area contributed by atoms with Crippen molar-refractivity contribution in [3.05, 3.63) is 59.8 Å². The fourth-order valence-electron chi connectivity index (χ4n) is 3.42. The molecule has 32 heavy (non-hydrogen) atoms. The number of aromatic nitrogens is 3. The van der Waals surface area contributed by atoms with Gasteiger partial charge in [-0.2, -0.15) is 0 Å². The molecule has 6 nitrogen and oxygen atoms in total. The molecule has 1 heterocycles. The van der Waals surface area contributed by atoms with Crippen LogP contribution < -0.4 is 9.47 Å². The molecule has 0 aliphatic heterocycles. The maximum absolute atomic E-state index is 9.92. The minimum Gasteiger partial charge on any atom is -0.504 e. The molecular formula is C26H35N3O3. The topological polar surface area (TPSA) is 77.4 Å². The van der Waals surface area contributed by atoms with E-state index in [4.69, 9.17) is 9.47 Å². The predicted molar refractivity (Wildman–Crippen MR) is 128 cm³/mol. The fraction of sp³-hybridized carbons (Fsp3) is 0.423. The van der Waals surface area contributed by atoms with Crippen molar-refractivity contribution in [2.75, 3.05) is 13.7 Å². The fourth-order valence-corrected chi connectivity index (χ4v) is 3.42. The van der Waals surface area contributed by atoms with E-state index in [1.165, 1.54) is 24.8 Å². The van der Waals surface area contributed by atoms with Gasteiger partial charge in [-0.05, 0) is 54.3 Å². The Labute approximate surface area is 191 Å². The van der Waals surface area contributed by atoms with Gasteiger partial charge >= 0.3 is 0 Å². The number of phenols is 1. The van der Waals surface area contributed by atoms with E-state index in [-0.39, 0.29) is 5.75 Å². The number of aryl methyl sites for hydroxylation is 1. The highest BCUT2D eigenvalue weighted by atomic mass is 16.5. The molecule has 1 aromatic heterocycles. The summed E-state index contributed by atoms with van der Waals surface area (Å²) in [6.07, 6.45) is 8.25. The van der Waals surface area contributed by atoms with Crippen LogP contribution in [-0.4, -0.2) is 34.2 Å². The molecule has 0 amide bonds. The number of rotatable bonds is 10. The normalized spacial score (nSPS) is 10.2. The molecule has 0 saturated carbocycles. The van der Waals surface area contributed by atoms with Crippen molar-refractivity contribution >= 4 is 0 Å². The summed E-state index contributed by atoms with van der Waals surface area (Å²) >= 11 is 0. The lowest BCUT2D eigenvalue weighted by molar-refractivity contribution is 0.286. The van der Waals surface area contributed by atoms with Crippen molar-refractivity contribution in [1.29, 1.82) is 0 Å². The maximum atomic E-state index is 9.92. The molecular weight excluding hydrogens is 402 g/mol. The van der Waals surface area contributed by atoms with Gasteiger partial charge in [0.15, 0.2) is 11.5 Å². The van der Waals surface area contributed by atoms with E-state index in [1.807, 2.05) is 36.4 Å². The van der Waals surface area contributed by atoms with Gasteiger partial charge in [0.05, 0.1) is 25.6 Å². The van der Waals surface area contributed by atoms with Crippen LogP contribution in [0.3, 0.4) is 0 Å². The Morgan fingerprint density at radius 2 is 1.78 bits per heavy atom. The van der Waals surface area contributed by atoms with E-state index >= 15 is 0 Å². The Hall–Kier alpha value is -3.15. The van der Waals surface area contributed by atoms with Crippen molar-refractivity contribution in [1.82, 2.24) is 15.4 Å². The van der Waals surface area contributed by atoms with E-state index in [0.717, 1.165) is 41.8 Å². The van der Waals surface area contributed by atoms with Crippen LogP contribution >= 0.6 is 0 Å².